The molecule has 0 saturated carbocycles. The maximum absolute atomic E-state index is 11.9. The van der Waals surface area contributed by atoms with Crippen molar-refractivity contribution in [3.8, 4) is 0 Å². The topological polar surface area (TPSA) is 76.4 Å². The highest BCUT2D eigenvalue weighted by Crippen LogP contribution is 2.28. The molecular formula is C17H21N3O3. The standard InChI is InChI=1S/C17H21N3O3/c1-2-13-11-16(20-23-13)19-17(21)18-9-7-15-14-6-4-3-5-12(14)8-10-22-15/h3-6,11,15H,2,7-10H2,1H3,(H2,18,19,20,21). The molecular weight excluding hydrogens is 294 g/mol. The van der Waals surface area contributed by atoms with Gasteiger partial charge in [-0.1, -0.05) is 36.3 Å². The van der Waals surface area contributed by atoms with Crippen LogP contribution in [0.15, 0.2) is 34.9 Å². The van der Waals surface area contributed by atoms with E-state index in [1.807, 2.05) is 13.0 Å². The molecule has 2 heterocycles. The van der Waals surface area contributed by atoms with Gasteiger partial charge in [0.15, 0.2) is 5.82 Å². The highest BCUT2D eigenvalue weighted by molar-refractivity contribution is 5.88. The second kappa shape index (κ2) is 7.28. The Morgan fingerprint density at radius 2 is 2.26 bits per heavy atom. The van der Waals surface area contributed by atoms with E-state index in [1.54, 1.807) is 6.07 Å². The molecule has 1 aromatic carbocycles. The van der Waals surface area contributed by atoms with Gasteiger partial charge >= 0.3 is 6.03 Å². The van der Waals surface area contributed by atoms with Crippen LogP contribution in [0.3, 0.4) is 0 Å². The van der Waals surface area contributed by atoms with Gasteiger partial charge < -0.3 is 14.6 Å². The fourth-order valence-electron chi connectivity index (χ4n) is 2.73. The van der Waals surface area contributed by atoms with Crippen molar-refractivity contribution >= 4 is 11.8 Å². The Hall–Kier alpha value is -2.34. The lowest BCUT2D eigenvalue weighted by atomic mass is 9.96. The zero-order chi connectivity index (χ0) is 16.1. The molecule has 1 unspecified atom stereocenters. The molecule has 0 saturated heterocycles. The molecule has 122 valence electrons. The molecule has 0 spiro atoms. The third kappa shape index (κ3) is 3.90. The van der Waals surface area contributed by atoms with Gasteiger partial charge in [-0.15, -0.1) is 0 Å². The molecule has 0 bridgehead atoms. The summed E-state index contributed by atoms with van der Waals surface area (Å²) in [6.07, 6.45) is 2.48. The summed E-state index contributed by atoms with van der Waals surface area (Å²) < 4.78 is 10.9. The van der Waals surface area contributed by atoms with E-state index in [2.05, 4.69) is 34.0 Å². The van der Waals surface area contributed by atoms with Crippen LogP contribution in [0, 0.1) is 0 Å². The Morgan fingerprint density at radius 3 is 3.09 bits per heavy atom. The Bertz CT molecular complexity index is 669. The Morgan fingerprint density at radius 1 is 1.39 bits per heavy atom. The maximum atomic E-state index is 11.9. The first kappa shape index (κ1) is 15.6. The quantitative estimate of drug-likeness (QED) is 0.889. The highest BCUT2D eigenvalue weighted by atomic mass is 16.5. The lowest BCUT2D eigenvalue weighted by Gasteiger charge is -2.26. The lowest BCUT2D eigenvalue weighted by Crippen LogP contribution is -2.31. The number of anilines is 1. The predicted molar refractivity (Wildman–Crippen MR) is 86.4 cm³/mol. The van der Waals surface area contributed by atoms with Crippen LogP contribution in [0.25, 0.3) is 0 Å². The Kier molecular flexibility index (Phi) is 4.92. The zero-order valence-corrected chi connectivity index (χ0v) is 13.2. The van der Waals surface area contributed by atoms with E-state index in [0.717, 1.165) is 31.6 Å². The number of nitrogens with one attached hydrogen (secondary N) is 2. The average molecular weight is 315 g/mol. The number of rotatable bonds is 5. The molecule has 2 N–H and O–H groups in total. The first-order valence-electron chi connectivity index (χ1n) is 7.96. The summed E-state index contributed by atoms with van der Waals surface area (Å²) in [6.45, 7) is 3.22. The zero-order valence-electron chi connectivity index (χ0n) is 13.2. The minimum atomic E-state index is -0.287. The molecule has 2 aromatic rings. The number of nitrogens with zero attached hydrogens (tertiary/aromatic N) is 1. The van der Waals surface area contributed by atoms with Gasteiger partial charge in [-0.05, 0) is 24.0 Å². The smallest absolute Gasteiger partial charge is 0.320 e. The summed E-state index contributed by atoms with van der Waals surface area (Å²) >= 11 is 0. The average Bonchev–Trinajstić information content (AvgIpc) is 3.02. The molecule has 1 atom stereocenters. The van der Waals surface area contributed by atoms with Crippen LogP contribution in [-0.2, 0) is 17.6 Å². The number of carbonyl (C=O) groups excluding carboxylic acids is 1. The van der Waals surface area contributed by atoms with Crippen molar-refractivity contribution in [1.82, 2.24) is 10.5 Å². The summed E-state index contributed by atoms with van der Waals surface area (Å²) in [6, 6.07) is 9.75. The van der Waals surface area contributed by atoms with Gasteiger partial charge in [0.1, 0.15) is 5.76 Å². The number of amides is 2. The number of urea groups is 1. The van der Waals surface area contributed by atoms with Crippen LogP contribution < -0.4 is 10.6 Å². The molecule has 2 amide bonds. The normalized spacial score (nSPS) is 16.7. The number of aromatic nitrogens is 1. The number of hydrogen-bond donors (Lipinski definition) is 2. The molecule has 1 aliphatic rings. The van der Waals surface area contributed by atoms with E-state index >= 15 is 0 Å². The van der Waals surface area contributed by atoms with Gasteiger partial charge in [-0.25, -0.2) is 4.79 Å². The maximum Gasteiger partial charge on any atom is 0.320 e. The number of benzene rings is 1. The monoisotopic (exact) mass is 315 g/mol. The van der Waals surface area contributed by atoms with Crippen molar-refractivity contribution in [3.05, 3.63) is 47.2 Å². The summed E-state index contributed by atoms with van der Waals surface area (Å²) in [4.78, 5) is 11.9. The minimum Gasteiger partial charge on any atom is -0.373 e. The van der Waals surface area contributed by atoms with E-state index in [1.165, 1.54) is 11.1 Å². The Labute approximate surface area is 135 Å². The van der Waals surface area contributed by atoms with Crippen LogP contribution in [0.5, 0.6) is 0 Å². The van der Waals surface area contributed by atoms with Crippen LogP contribution >= 0.6 is 0 Å². The van der Waals surface area contributed by atoms with Crippen LogP contribution in [0.2, 0.25) is 0 Å². The van der Waals surface area contributed by atoms with E-state index in [-0.39, 0.29) is 12.1 Å². The van der Waals surface area contributed by atoms with Gasteiger partial charge in [0, 0.05) is 19.0 Å². The van der Waals surface area contributed by atoms with Crippen molar-refractivity contribution in [2.45, 2.75) is 32.3 Å². The van der Waals surface area contributed by atoms with Crippen LogP contribution in [0.4, 0.5) is 10.6 Å². The summed E-state index contributed by atoms with van der Waals surface area (Å²) in [5.74, 6) is 1.17. The number of carbonyl (C=O) groups is 1. The second-order valence-electron chi connectivity index (χ2n) is 5.51. The number of ether oxygens (including phenoxy) is 1. The summed E-state index contributed by atoms with van der Waals surface area (Å²) in [7, 11) is 0. The number of fused-ring (bicyclic) bond motifs is 1. The van der Waals surface area contributed by atoms with Gasteiger partial charge in [0.2, 0.25) is 0 Å². The molecule has 0 fully saturated rings. The Balaban J connectivity index is 1.47. The molecule has 23 heavy (non-hydrogen) atoms. The summed E-state index contributed by atoms with van der Waals surface area (Å²) in [5, 5.41) is 9.27. The van der Waals surface area contributed by atoms with Gasteiger partial charge in [-0.3, -0.25) is 5.32 Å². The molecule has 1 aliphatic heterocycles. The second-order valence-corrected chi connectivity index (χ2v) is 5.51. The molecule has 6 nitrogen and oxygen atoms in total. The summed E-state index contributed by atoms with van der Waals surface area (Å²) in [5.41, 5.74) is 2.56. The molecule has 0 aliphatic carbocycles. The van der Waals surface area contributed by atoms with Crippen LogP contribution in [0.1, 0.15) is 36.3 Å². The van der Waals surface area contributed by atoms with E-state index < -0.39 is 0 Å². The molecule has 3 rings (SSSR count). The number of hydrogen-bond acceptors (Lipinski definition) is 4. The van der Waals surface area contributed by atoms with Crippen molar-refractivity contribution in [1.29, 1.82) is 0 Å². The fraction of sp³-hybridized carbons (Fsp3) is 0.412. The van der Waals surface area contributed by atoms with Crippen molar-refractivity contribution in [2.75, 3.05) is 18.5 Å². The minimum absolute atomic E-state index is 0.0407. The third-order valence-electron chi connectivity index (χ3n) is 3.93. The third-order valence-corrected chi connectivity index (χ3v) is 3.93. The lowest BCUT2D eigenvalue weighted by molar-refractivity contribution is 0.0373. The SMILES string of the molecule is CCc1cc(NC(=O)NCCC2OCCc3ccccc32)no1. The molecule has 0 radical (unpaired) electrons. The first-order chi connectivity index (χ1) is 11.3. The predicted octanol–water partition coefficient (Wildman–Crippen LogP) is 3.06. The highest BCUT2D eigenvalue weighted by Gasteiger charge is 2.20. The van der Waals surface area contributed by atoms with Crippen LogP contribution in [-0.4, -0.2) is 24.3 Å². The first-order valence-corrected chi connectivity index (χ1v) is 7.96. The number of aryl methyl sites for hydroxylation is 1. The van der Waals surface area contributed by atoms with Crippen molar-refractivity contribution < 1.29 is 14.1 Å². The molecule has 1 aromatic heterocycles. The van der Waals surface area contributed by atoms with Gasteiger partial charge in [-0.2, -0.15) is 0 Å². The van der Waals surface area contributed by atoms with Crippen molar-refractivity contribution in [3.63, 3.8) is 0 Å². The van der Waals surface area contributed by atoms with E-state index in [9.17, 15) is 4.79 Å². The van der Waals surface area contributed by atoms with Gasteiger partial charge in [0.25, 0.3) is 0 Å². The largest absolute Gasteiger partial charge is 0.373 e. The van der Waals surface area contributed by atoms with E-state index in [4.69, 9.17) is 9.26 Å². The molecule has 6 heteroatoms. The van der Waals surface area contributed by atoms with Crippen molar-refractivity contribution in [2.24, 2.45) is 0 Å². The van der Waals surface area contributed by atoms with E-state index in [0.29, 0.717) is 12.4 Å². The van der Waals surface area contributed by atoms with Gasteiger partial charge in [0.05, 0.1) is 12.7 Å². The fourth-order valence-corrected chi connectivity index (χ4v) is 2.73.